The van der Waals surface area contributed by atoms with Gasteiger partial charge in [-0.3, -0.25) is 10.1 Å². The van der Waals surface area contributed by atoms with Crippen molar-refractivity contribution in [1.29, 1.82) is 0 Å². The standard InChI is InChI=1S/C8H13N5OS/c1-2-8(4-3-5-9-8)6(14)10-7-11-12-13-15-7/h9H,2-5H2,1H3,(H,10,11,13,14). The lowest BCUT2D eigenvalue weighted by Crippen LogP contribution is -2.50. The van der Waals surface area contributed by atoms with Crippen molar-refractivity contribution < 1.29 is 4.79 Å². The number of carbonyl (C=O) groups is 1. The van der Waals surface area contributed by atoms with Crippen LogP contribution >= 0.6 is 11.5 Å². The number of anilines is 1. The minimum atomic E-state index is -0.425. The van der Waals surface area contributed by atoms with E-state index in [2.05, 4.69) is 25.4 Å². The molecule has 0 radical (unpaired) electrons. The van der Waals surface area contributed by atoms with Crippen molar-refractivity contribution in [2.75, 3.05) is 11.9 Å². The van der Waals surface area contributed by atoms with E-state index in [1.807, 2.05) is 6.92 Å². The van der Waals surface area contributed by atoms with Gasteiger partial charge in [0.2, 0.25) is 11.0 Å². The highest BCUT2D eigenvalue weighted by molar-refractivity contribution is 7.09. The zero-order valence-corrected chi connectivity index (χ0v) is 9.30. The number of hydrogen-bond acceptors (Lipinski definition) is 6. The second kappa shape index (κ2) is 4.19. The van der Waals surface area contributed by atoms with E-state index in [4.69, 9.17) is 0 Å². The molecule has 1 aromatic heterocycles. The van der Waals surface area contributed by atoms with Crippen LogP contribution in [0.2, 0.25) is 0 Å². The summed E-state index contributed by atoms with van der Waals surface area (Å²) in [6.45, 7) is 2.91. The van der Waals surface area contributed by atoms with Gasteiger partial charge in [-0.15, -0.1) is 0 Å². The fourth-order valence-corrected chi connectivity index (χ4v) is 2.22. The average molecular weight is 227 g/mol. The molecule has 1 aromatic rings. The number of rotatable bonds is 3. The summed E-state index contributed by atoms with van der Waals surface area (Å²) >= 11 is 1.09. The highest BCUT2D eigenvalue weighted by Crippen LogP contribution is 2.24. The number of carbonyl (C=O) groups excluding carboxylic acids is 1. The molecule has 1 fully saturated rings. The highest BCUT2D eigenvalue weighted by atomic mass is 32.1. The molecular formula is C8H13N5OS. The molecular weight excluding hydrogens is 214 g/mol. The minimum absolute atomic E-state index is 0.0268. The van der Waals surface area contributed by atoms with Crippen LogP contribution in [-0.2, 0) is 4.79 Å². The molecule has 7 heteroatoms. The molecule has 1 aliphatic heterocycles. The van der Waals surface area contributed by atoms with Crippen LogP contribution in [0.5, 0.6) is 0 Å². The third kappa shape index (κ3) is 1.98. The normalized spacial score (nSPS) is 25.4. The Balaban J connectivity index is 2.06. The Kier molecular flexibility index (Phi) is 2.92. The smallest absolute Gasteiger partial charge is 0.246 e. The lowest BCUT2D eigenvalue weighted by molar-refractivity contribution is -0.122. The Bertz CT molecular complexity index is 333. The van der Waals surface area contributed by atoms with E-state index < -0.39 is 5.54 Å². The molecule has 1 saturated heterocycles. The lowest BCUT2D eigenvalue weighted by atomic mass is 9.93. The van der Waals surface area contributed by atoms with Gasteiger partial charge in [0.05, 0.1) is 5.54 Å². The van der Waals surface area contributed by atoms with Gasteiger partial charge in [0.1, 0.15) is 0 Å². The Morgan fingerprint density at radius 1 is 1.73 bits per heavy atom. The van der Waals surface area contributed by atoms with Crippen molar-refractivity contribution in [2.45, 2.75) is 31.7 Å². The van der Waals surface area contributed by atoms with Crippen LogP contribution in [0.1, 0.15) is 26.2 Å². The summed E-state index contributed by atoms with van der Waals surface area (Å²) in [5.74, 6) is -0.0268. The van der Waals surface area contributed by atoms with E-state index in [1.54, 1.807) is 0 Å². The van der Waals surface area contributed by atoms with Crippen LogP contribution < -0.4 is 10.6 Å². The number of aromatic nitrogens is 3. The van der Waals surface area contributed by atoms with Crippen molar-refractivity contribution in [1.82, 2.24) is 20.1 Å². The van der Waals surface area contributed by atoms with E-state index in [0.29, 0.717) is 5.13 Å². The molecule has 6 nitrogen and oxygen atoms in total. The summed E-state index contributed by atoms with van der Waals surface area (Å²) in [4.78, 5) is 12.0. The summed E-state index contributed by atoms with van der Waals surface area (Å²) in [6.07, 6.45) is 2.70. The van der Waals surface area contributed by atoms with E-state index in [0.717, 1.165) is 37.3 Å². The molecule has 82 valence electrons. The summed E-state index contributed by atoms with van der Waals surface area (Å²) in [5.41, 5.74) is -0.425. The Morgan fingerprint density at radius 2 is 2.60 bits per heavy atom. The molecule has 1 amide bonds. The van der Waals surface area contributed by atoms with Crippen LogP contribution in [0, 0.1) is 0 Å². The molecule has 0 aliphatic carbocycles. The van der Waals surface area contributed by atoms with Gasteiger partial charge in [-0.2, -0.15) is 0 Å². The molecule has 2 N–H and O–H groups in total. The fourth-order valence-electron chi connectivity index (χ4n) is 1.86. The SMILES string of the molecule is CCC1(C(=O)Nc2nnns2)CCCN1. The summed E-state index contributed by atoms with van der Waals surface area (Å²) in [5, 5.41) is 13.6. The number of nitrogens with zero attached hydrogens (tertiary/aromatic N) is 3. The van der Waals surface area contributed by atoms with Crippen molar-refractivity contribution in [2.24, 2.45) is 0 Å². The molecule has 0 bridgehead atoms. The number of nitrogens with one attached hydrogen (secondary N) is 2. The minimum Gasteiger partial charge on any atom is -0.303 e. The summed E-state index contributed by atoms with van der Waals surface area (Å²) < 4.78 is 3.60. The molecule has 1 atom stereocenters. The van der Waals surface area contributed by atoms with E-state index in [-0.39, 0.29) is 5.91 Å². The third-order valence-electron chi connectivity index (χ3n) is 2.80. The van der Waals surface area contributed by atoms with Crippen molar-refractivity contribution in [3.63, 3.8) is 0 Å². The van der Waals surface area contributed by atoms with Gasteiger partial charge < -0.3 is 5.32 Å². The zero-order chi connectivity index (χ0) is 10.7. The van der Waals surface area contributed by atoms with Gasteiger partial charge in [0.15, 0.2) is 0 Å². The second-order valence-corrected chi connectivity index (χ2v) is 4.32. The number of amides is 1. The van der Waals surface area contributed by atoms with Crippen LogP contribution in [0.15, 0.2) is 0 Å². The second-order valence-electron chi connectivity index (χ2n) is 3.59. The molecule has 2 rings (SSSR count). The first kappa shape index (κ1) is 10.4. The van der Waals surface area contributed by atoms with E-state index in [9.17, 15) is 4.79 Å². The van der Waals surface area contributed by atoms with E-state index >= 15 is 0 Å². The maximum absolute atomic E-state index is 12.0. The molecule has 0 spiro atoms. The van der Waals surface area contributed by atoms with Gasteiger partial charge in [-0.1, -0.05) is 16.5 Å². The van der Waals surface area contributed by atoms with Gasteiger partial charge in [0, 0.05) is 11.5 Å². The summed E-state index contributed by atoms with van der Waals surface area (Å²) in [6, 6.07) is 0. The summed E-state index contributed by atoms with van der Waals surface area (Å²) in [7, 11) is 0. The van der Waals surface area contributed by atoms with Gasteiger partial charge in [-0.05, 0) is 31.0 Å². The first-order valence-corrected chi connectivity index (χ1v) is 5.76. The van der Waals surface area contributed by atoms with Crippen LogP contribution in [-0.4, -0.2) is 32.8 Å². The zero-order valence-electron chi connectivity index (χ0n) is 8.49. The lowest BCUT2D eigenvalue weighted by Gasteiger charge is -2.25. The predicted molar refractivity (Wildman–Crippen MR) is 56.6 cm³/mol. The maximum atomic E-state index is 12.0. The Labute approximate surface area is 91.6 Å². The fraction of sp³-hybridized carbons (Fsp3) is 0.750. The van der Waals surface area contributed by atoms with Gasteiger partial charge >= 0.3 is 0 Å². The Hall–Kier alpha value is -1.08. The van der Waals surface area contributed by atoms with Crippen molar-refractivity contribution in [3.8, 4) is 0 Å². The largest absolute Gasteiger partial charge is 0.303 e. The van der Waals surface area contributed by atoms with Crippen LogP contribution in [0.3, 0.4) is 0 Å². The highest BCUT2D eigenvalue weighted by Gasteiger charge is 2.39. The Morgan fingerprint density at radius 3 is 3.13 bits per heavy atom. The van der Waals surface area contributed by atoms with Gasteiger partial charge in [-0.25, -0.2) is 0 Å². The number of hydrogen-bond donors (Lipinski definition) is 2. The molecule has 0 saturated carbocycles. The monoisotopic (exact) mass is 227 g/mol. The predicted octanol–water partition coefficient (Wildman–Crippen LogP) is 0.404. The molecule has 15 heavy (non-hydrogen) atoms. The molecule has 2 heterocycles. The van der Waals surface area contributed by atoms with E-state index in [1.165, 1.54) is 0 Å². The quantitative estimate of drug-likeness (QED) is 0.781. The average Bonchev–Trinajstić information content (AvgIpc) is 2.87. The van der Waals surface area contributed by atoms with Crippen LogP contribution in [0.25, 0.3) is 0 Å². The topological polar surface area (TPSA) is 79.8 Å². The molecule has 1 unspecified atom stereocenters. The van der Waals surface area contributed by atoms with Crippen molar-refractivity contribution >= 4 is 22.6 Å². The maximum Gasteiger partial charge on any atom is 0.246 e. The molecule has 0 aromatic carbocycles. The van der Waals surface area contributed by atoms with Gasteiger partial charge in [0.25, 0.3) is 0 Å². The third-order valence-corrected chi connectivity index (χ3v) is 3.31. The first-order chi connectivity index (χ1) is 7.27. The first-order valence-electron chi connectivity index (χ1n) is 4.98. The van der Waals surface area contributed by atoms with Crippen LogP contribution in [0.4, 0.5) is 5.13 Å². The van der Waals surface area contributed by atoms with Crippen molar-refractivity contribution in [3.05, 3.63) is 0 Å². The molecule has 1 aliphatic rings.